The Bertz CT molecular complexity index is 991. The molecule has 0 saturated heterocycles. The summed E-state index contributed by atoms with van der Waals surface area (Å²) in [6.07, 6.45) is 1.70. The number of hydrogen-bond donors (Lipinski definition) is 1. The average Bonchev–Trinajstić information content (AvgIpc) is 2.67. The van der Waals surface area contributed by atoms with Crippen LogP contribution in [0.1, 0.15) is 28.4 Å². The Balaban J connectivity index is 1.79. The molecule has 1 heterocycles. The predicted molar refractivity (Wildman–Crippen MR) is 107 cm³/mol. The quantitative estimate of drug-likeness (QED) is 0.724. The zero-order chi connectivity index (χ0) is 19.2. The Kier molecular flexibility index (Phi) is 5.71. The van der Waals surface area contributed by atoms with E-state index < -0.39 is 5.91 Å². The van der Waals surface area contributed by atoms with Gasteiger partial charge in [-0.15, -0.1) is 0 Å². The number of aromatic nitrogens is 1. The van der Waals surface area contributed by atoms with Gasteiger partial charge in [-0.2, -0.15) is 0 Å². The molecule has 0 unspecified atom stereocenters. The molecule has 0 saturated carbocycles. The molecule has 0 spiro atoms. The van der Waals surface area contributed by atoms with Gasteiger partial charge in [0, 0.05) is 11.9 Å². The molecule has 0 bridgehead atoms. The van der Waals surface area contributed by atoms with Crippen molar-refractivity contribution in [3.05, 3.63) is 93.9 Å². The second-order valence-electron chi connectivity index (χ2n) is 6.19. The smallest absolute Gasteiger partial charge is 0.263 e. The molecule has 27 heavy (non-hydrogen) atoms. The maximum Gasteiger partial charge on any atom is 0.263 e. The topological polar surface area (TPSA) is 60.3 Å². The van der Waals surface area contributed by atoms with E-state index in [1.807, 2.05) is 38.1 Å². The summed E-state index contributed by atoms with van der Waals surface area (Å²) < 4.78 is 6.94. The van der Waals surface area contributed by atoms with Gasteiger partial charge in [-0.3, -0.25) is 9.59 Å². The van der Waals surface area contributed by atoms with Crippen LogP contribution in [0.5, 0.6) is 5.75 Å². The Hall–Kier alpha value is -3.34. The SMILES string of the molecule is CCOc1ccc(NC(=O)c2cccn(Cc3ccccc3C)c2=O)cc1. The minimum absolute atomic E-state index is 0.111. The van der Waals surface area contributed by atoms with E-state index in [-0.39, 0.29) is 11.1 Å². The molecule has 5 nitrogen and oxygen atoms in total. The van der Waals surface area contributed by atoms with E-state index in [2.05, 4.69) is 5.32 Å². The first-order valence-electron chi connectivity index (χ1n) is 8.86. The van der Waals surface area contributed by atoms with E-state index in [0.29, 0.717) is 18.8 Å². The third kappa shape index (κ3) is 4.44. The maximum atomic E-state index is 12.7. The van der Waals surface area contributed by atoms with Gasteiger partial charge in [-0.25, -0.2) is 0 Å². The molecule has 0 atom stereocenters. The van der Waals surface area contributed by atoms with E-state index in [9.17, 15) is 9.59 Å². The number of ether oxygens (including phenoxy) is 1. The van der Waals surface area contributed by atoms with Crippen molar-refractivity contribution in [2.75, 3.05) is 11.9 Å². The van der Waals surface area contributed by atoms with E-state index >= 15 is 0 Å². The summed E-state index contributed by atoms with van der Waals surface area (Å²) in [5.41, 5.74) is 2.55. The van der Waals surface area contributed by atoms with Gasteiger partial charge in [0.2, 0.25) is 0 Å². The fourth-order valence-electron chi connectivity index (χ4n) is 2.80. The molecule has 0 aliphatic heterocycles. The van der Waals surface area contributed by atoms with Crippen LogP contribution in [-0.4, -0.2) is 17.1 Å². The van der Waals surface area contributed by atoms with Gasteiger partial charge in [0.15, 0.2) is 0 Å². The summed E-state index contributed by atoms with van der Waals surface area (Å²) in [6.45, 7) is 4.92. The van der Waals surface area contributed by atoms with Crippen LogP contribution in [0.25, 0.3) is 0 Å². The molecule has 3 aromatic rings. The Labute approximate surface area is 158 Å². The molecule has 5 heteroatoms. The first-order chi connectivity index (χ1) is 13.1. The lowest BCUT2D eigenvalue weighted by Gasteiger charge is -2.11. The summed E-state index contributed by atoms with van der Waals surface area (Å²) in [5, 5.41) is 2.76. The van der Waals surface area contributed by atoms with Crippen LogP contribution >= 0.6 is 0 Å². The van der Waals surface area contributed by atoms with Gasteiger partial charge in [0.25, 0.3) is 11.5 Å². The Morgan fingerprint density at radius 1 is 1.04 bits per heavy atom. The number of carbonyl (C=O) groups is 1. The van der Waals surface area contributed by atoms with Crippen molar-refractivity contribution in [1.82, 2.24) is 4.57 Å². The number of carbonyl (C=O) groups excluding carboxylic acids is 1. The van der Waals surface area contributed by atoms with Crippen LogP contribution in [0.2, 0.25) is 0 Å². The van der Waals surface area contributed by atoms with Gasteiger partial charge in [-0.05, 0) is 61.4 Å². The summed E-state index contributed by atoms with van der Waals surface area (Å²) >= 11 is 0. The predicted octanol–water partition coefficient (Wildman–Crippen LogP) is 3.86. The number of hydrogen-bond acceptors (Lipinski definition) is 3. The van der Waals surface area contributed by atoms with Gasteiger partial charge in [0.05, 0.1) is 13.2 Å². The van der Waals surface area contributed by atoms with Crippen molar-refractivity contribution in [3.8, 4) is 5.75 Å². The second-order valence-corrected chi connectivity index (χ2v) is 6.19. The molecule has 0 aliphatic rings. The molecule has 0 aliphatic carbocycles. The van der Waals surface area contributed by atoms with E-state index in [0.717, 1.165) is 16.9 Å². The number of pyridine rings is 1. The molecular formula is C22H22N2O3. The number of rotatable bonds is 6. The molecule has 0 radical (unpaired) electrons. The Morgan fingerprint density at radius 3 is 2.48 bits per heavy atom. The number of aryl methyl sites for hydroxylation is 1. The zero-order valence-electron chi connectivity index (χ0n) is 15.4. The average molecular weight is 362 g/mol. The molecule has 1 amide bonds. The highest BCUT2D eigenvalue weighted by Gasteiger charge is 2.13. The van der Waals surface area contributed by atoms with Gasteiger partial charge >= 0.3 is 0 Å². The second kappa shape index (κ2) is 8.36. The van der Waals surface area contributed by atoms with Crippen LogP contribution in [-0.2, 0) is 6.54 Å². The van der Waals surface area contributed by atoms with Crippen LogP contribution in [0, 0.1) is 6.92 Å². The first kappa shape index (κ1) is 18.5. The monoisotopic (exact) mass is 362 g/mol. The number of amides is 1. The molecule has 1 N–H and O–H groups in total. The van der Waals surface area contributed by atoms with Gasteiger partial charge < -0.3 is 14.6 Å². The van der Waals surface area contributed by atoms with E-state index in [4.69, 9.17) is 4.74 Å². The van der Waals surface area contributed by atoms with Crippen LogP contribution in [0.4, 0.5) is 5.69 Å². The number of nitrogens with one attached hydrogen (secondary N) is 1. The third-order valence-electron chi connectivity index (χ3n) is 4.29. The Morgan fingerprint density at radius 2 is 1.78 bits per heavy atom. The third-order valence-corrected chi connectivity index (χ3v) is 4.29. The van der Waals surface area contributed by atoms with Crippen LogP contribution in [0.3, 0.4) is 0 Å². The minimum atomic E-state index is -0.428. The van der Waals surface area contributed by atoms with Crippen molar-refractivity contribution >= 4 is 11.6 Å². The molecule has 0 fully saturated rings. The van der Waals surface area contributed by atoms with E-state index in [1.165, 1.54) is 0 Å². The lowest BCUT2D eigenvalue weighted by molar-refractivity contribution is 0.102. The number of benzene rings is 2. The van der Waals surface area contributed by atoms with Crippen molar-refractivity contribution in [1.29, 1.82) is 0 Å². The normalized spacial score (nSPS) is 10.4. The van der Waals surface area contributed by atoms with Crippen molar-refractivity contribution in [2.24, 2.45) is 0 Å². The summed E-state index contributed by atoms with van der Waals surface area (Å²) in [7, 11) is 0. The lowest BCUT2D eigenvalue weighted by atomic mass is 10.1. The largest absolute Gasteiger partial charge is 0.494 e. The first-order valence-corrected chi connectivity index (χ1v) is 8.86. The highest BCUT2D eigenvalue weighted by Crippen LogP contribution is 2.16. The number of nitrogens with zero attached hydrogens (tertiary/aromatic N) is 1. The molecular weight excluding hydrogens is 340 g/mol. The summed E-state index contributed by atoms with van der Waals surface area (Å²) in [5.74, 6) is 0.305. The minimum Gasteiger partial charge on any atom is -0.494 e. The van der Waals surface area contributed by atoms with Gasteiger partial charge in [0.1, 0.15) is 11.3 Å². The fourth-order valence-corrected chi connectivity index (χ4v) is 2.80. The highest BCUT2D eigenvalue weighted by atomic mass is 16.5. The zero-order valence-corrected chi connectivity index (χ0v) is 15.4. The molecule has 1 aromatic heterocycles. The van der Waals surface area contributed by atoms with Gasteiger partial charge in [-0.1, -0.05) is 24.3 Å². The standard InChI is InChI=1S/C22H22N2O3/c1-3-27-19-12-10-18(11-13-19)23-21(25)20-9-6-14-24(22(20)26)15-17-8-5-4-7-16(17)2/h4-14H,3,15H2,1-2H3,(H,23,25). The van der Waals surface area contributed by atoms with E-state index in [1.54, 1.807) is 47.2 Å². The summed E-state index contributed by atoms with van der Waals surface area (Å²) in [6, 6.07) is 18.2. The van der Waals surface area contributed by atoms with Crippen molar-refractivity contribution < 1.29 is 9.53 Å². The molecule has 138 valence electrons. The van der Waals surface area contributed by atoms with Crippen LogP contribution in [0.15, 0.2) is 71.7 Å². The van der Waals surface area contributed by atoms with Crippen molar-refractivity contribution in [2.45, 2.75) is 20.4 Å². The summed E-state index contributed by atoms with van der Waals surface area (Å²) in [4.78, 5) is 25.3. The maximum absolute atomic E-state index is 12.7. The number of anilines is 1. The molecule has 2 aromatic carbocycles. The highest BCUT2D eigenvalue weighted by molar-refractivity contribution is 6.04. The lowest BCUT2D eigenvalue weighted by Crippen LogP contribution is -2.29. The van der Waals surface area contributed by atoms with Crippen molar-refractivity contribution in [3.63, 3.8) is 0 Å². The fraction of sp³-hybridized carbons (Fsp3) is 0.182. The van der Waals surface area contributed by atoms with Crippen LogP contribution < -0.4 is 15.6 Å². The molecule has 3 rings (SSSR count).